The summed E-state index contributed by atoms with van der Waals surface area (Å²) in [6.07, 6.45) is 7.82. The van der Waals surface area contributed by atoms with E-state index in [1.54, 1.807) is 4.52 Å². The minimum Gasteiger partial charge on any atom is -0.384 e. The number of nitrogens with one attached hydrogen (secondary N) is 1. The average molecular weight is 259 g/mol. The molecule has 2 aromatic heterocycles. The van der Waals surface area contributed by atoms with E-state index in [-0.39, 0.29) is 0 Å². The Balaban J connectivity index is 1.68. The first kappa shape index (κ1) is 12.4. The number of anilines is 1. The molecule has 0 unspecified atom stereocenters. The zero-order valence-corrected chi connectivity index (χ0v) is 11.4. The highest BCUT2D eigenvalue weighted by Gasteiger charge is 2.13. The molecule has 3 heterocycles. The molecular formula is C14H21N5. The fourth-order valence-electron chi connectivity index (χ4n) is 2.81. The Morgan fingerprint density at radius 2 is 2.42 bits per heavy atom. The van der Waals surface area contributed by atoms with Crippen molar-refractivity contribution >= 4 is 11.5 Å². The second-order valence-corrected chi connectivity index (χ2v) is 5.42. The van der Waals surface area contributed by atoms with Crippen LogP contribution in [0.1, 0.15) is 36.9 Å². The van der Waals surface area contributed by atoms with Crippen LogP contribution < -0.4 is 11.1 Å². The summed E-state index contributed by atoms with van der Waals surface area (Å²) in [7, 11) is 0. The highest BCUT2D eigenvalue weighted by atomic mass is 15.3. The summed E-state index contributed by atoms with van der Waals surface area (Å²) in [6.45, 7) is 3.19. The standard InChI is InChI=1S/C14H21N5/c1-10-9-17-19-13(15)8-12(18-14(10)19)5-2-4-11-6-3-7-16-11/h8-9,11,16H,2-7,15H2,1H3/t11-/m1/s1. The SMILES string of the molecule is Cc1cnn2c(N)cc(CCC[C@@H]3CCCN3)nc12. The molecule has 0 aliphatic carbocycles. The summed E-state index contributed by atoms with van der Waals surface area (Å²) in [5.41, 5.74) is 9.05. The van der Waals surface area contributed by atoms with Crippen LogP contribution in [0.5, 0.6) is 0 Å². The monoisotopic (exact) mass is 259 g/mol. The smallest absolute Gasteiger partial charge is 0.160 e. The van der Waals surface area contributed by atoms with Crippen molar-refractivity contribution in [1.29, 1.82) is 0 Å². The number of aryl methyl sites for hydroxylation is 2. The Morgan fingerprint density at radius 3 is 3.21 bits per heavy atom. The van der Waals surface area contributed by atoms with Gasteiger partial charge in [-0.1, -0.05) is 0 Å². The van der Waals surface area contributed by atoms with Crippen molar-refractivity contribution in [1.82, 2.24) is 19.9 Å². The zero-order chi connectivity index (χ0) is 13.2. The second kappa shape index (κ2) is 5.17. The van der Waals surface area contributed by atoms with E-state index in [0.717, 1.165) is 29.7 Å². The quantitative estimate of drug-likeness (QED) is 0.877. The second-order valence-electron chi connectivity index (χ2n) is 5.42. The summed E-state index contributed by atoms with van der Waals surface area (Å²) in [5.74, 6) is 0.673. The summed E-state index contributed by atoms with van der Waals surface area (Å²) in [6, 6.07) is 2.65. The first-order chi connectivity index (χ1) is 9.24. The van der Waals surface area contributed by atoms with Crippen LogP contribution in [0.4, 0.5) is 5.82 Å². The van der Waals surface area contributed by atoms with Gasteiger partial charge in [0.25, 0.3) is 0 Å². The fourth-order valence-corrected chi connectivity index (χ4v) is 2.81. The first-order valence-corrected chi connectivity index (χ1v) is 7.07. The molecule has 1 aliphatic heterocycles. The maximum absolute atomic E-state index is 6.01. The van der Waals surface area contributed by atoms with E-state index in [1.165, 1.54) is 25.8 Å². The lowest BCUT2D eigenvalue weighted by Gasteiger charge is -2.09. The predicted octanol–water partition coefficient (Wildman–Crippen LogP) is 1.69. The number of nitrogens with two attached hydrogens (primary N) is 1. The van der Waals surface area contributed by atoms with Crippen molar-refractivity contribution < 1.29 is 0 Å². The van der Waals surface area contributed by atoms with E-state index in [4.69, 9.17) is 5.73 Å². The van der Waals surface area contributed by atoms with Crippen LogP contribution in [0, 0.1) is 6.92 Å². The number of hydrogen-bond acceptors (Lipinski definition) is 4. The molecule has 3 N–H and O–H groups in total. The van der Waals surface area contributed by atoms with E-state index in [2.05, 4.69) is 15.4 Å². The van der Waals surface area contributed by atoms with E-state index in [1.807, 2.05) is 19.2 Å². The van der Waals surface area contributed by atoms with Gasteiger partial charge in [0.2, 0.25) is 0 Å². The molecule has 0 aromatic carbocycles. The highest BCUT2D eigenvalue weighted by Crippen LogP contribution is 2.16. The van der Waals surface area contributed by atoms with Crippen molar-refractivity contribution in [2.24, 2.45) is 0 Å². The van der Waals surface area contributed by atoms with Gasteiger partial charge in [0.05, 0.1) is 6.20 Å². The molecule has 5 nitrogen and oxygen atoms in total. The molecule has 0 saturated carbocycles. The first-order valence-electron chi connectivity index (χ1n) is 7.07. The van der Waals surface area contributed by atoms with Crippen LogP contribution in [-0.2, 0) is 6.42 Å². The van der Waals surface area contributed by atoms with E-state index < -0.39 is 0 Å². The van der Waals surface area contributed by atoms with Gasteiger partial charge in [-0.3, -0.25) is 0 Å². The molecule has 0 radical (unpaired) electrons. The summed E-state index contributed by atoms with van der Waals surface area (Å²) >= 11 is 0. The maximum atomic E-state index is 6.01. The fraction of sp³-hybridized carbons (Fsp3) is 0.571. The largest absolute Gasteiger partial charge is 0.384 e. The van der Waals surface area contributed by atoms with Gasteiger partial charge < -0.3 is 11.1 Å². The number of nitrogen functional groups attached to an aromatic ring is 1. The Hall–Kier alpha value is -1.62. The van der Waals surface area contributed by atoms with Crippen molar-refractivity contribution in [3.63, 3.8) is 0 Å². The molecule has 1 atom stereocenters. The third-order valence-corrected chi connectivity index (χ3v) is 3.88. The predicted molar refractivity (Wildman–Crippen MR) is 76.1 cm³/mol. The van der Waals surface area contributed by atoms with Gasteiger partial charge in [-0.25, -0.2) is 4.98 Å². The molecule has 0 amide bonds. The third kappa shape index (κ3) is 2.56. The third-order valence-electron chi connectivity index (χ3n) is 3.88. The van der Waals surface area contributed by atoms with Crippen LogP contribution in [0.3, 0.4) is 0 Å². The van der Waals surface area contributed by atoms with Gasteiger partial charge in [0.1, 0.15) is 5.82 Å². The van der Waals surface area contributed by atoms with Crippen molar-refractivity contribution in [2.75, 3.05) is 12.3 Å². The lowest BCUT2D eigenvalue weighted by molar-refractivity contribution is 0.534. The normalized spacial score (nSPS) is 19.3. The van der Waals surface area contributed by atoms with Gasteiger partial charge >= 0.3 is 0 Å². The van der Waals surface area contributed by atoms with Gasteiger partial charge in [0.15, 0.2) is 5.65 Å². The Morgan fingerprint density at radius 1 is 1.53 bits per heavy atom. The highest BCUT2D eigenvalue weighted by molar-refractivity contribution is 5.52. The zero-order valence-electron chi connectivity index (χ0n) is 11.4. The topological polar surface area (TPSA) is 68.2 Å². The Bertz CT molecular complexity index is 568. The number of hydrogen-bond donors (Lipinski definition) is 2. The van der Waals surface area contributed by atoms with E-state index >= 15 is 0 Å². The Labute approximate surface area is 113 Å². The number of aromatic nitrogens is 3. The lowest BCUT2D eigenvalue weighted by Crippen LogP contribution is -2.21. The Kier molecular flexibility index (Phi) is 3.38. The summed E-state index contributed by atoms with van der Waals surface area (Å²) in [4.78, 5) is 4.66. The van der Waals surface area contributed by atoms with Crippen LogP contribution in [0.2, 0.25) is 0 Å². The summed E-state index contributed by atoms with van der Waals surface area (Å²) in [5, 5.41) is 7.75. The van der Waals surface area contributed by atoms with Crippen molar-refractivity contribution in [3.05, 3.63) is 23.5 Å². The molecule has 5 heteroatoms. The van der Waals surface area contributed by atoms with Crippen LogP contribution in [-0.4, -0.2) is 27.2 Å². The number of rotatable bonds is 4. The summed E-state index contributed by atoms with van der Waals surface area (Å²) < 4.78 is 1.71. The average Bonchev–Trinajstić information content (AvgIpc) is 3.01. The van der Waals surface area contributed by atoms with Crippen LogP contribution in [0.25, 0.3) is 5.65 Å². The molecule has 1 saturated heterocycles. The minimum atomic E-state index is 0.673. The van der Waals surface area contributed by atoms with Crippen LogP contribution >= 0.6 is 0 Å². The van der Waals surface area contributed by atoms with E-state index in [9.17, 15) is 0 Å². The molecular weight excluding hydrogens is 238 g/mol. The lowest BCUT2D eigenvalue weighted by atomic mass is 10.1. The molecule has 1 fully saturated rings. The minimum absolute atomic E-state index is 0.673. The van der Waals surface area contributed by atoms with Crippen molar-refractivity contribution in [2.45, 2.75) is 45.1 Å². The van der Waals surface area contributed by atoms with Gasteiger partial charge in [-0.2, -0.15) is 9.61 Å². The van der Waals surface area contributed by atoms with Gasteiger partial charge in [-0.15, -0.1) is 0 Å². The van der Waals surface area contributed by atoms with Gasteiger partial charge in [0, 0.05) is 23.4 Å². The molecule has 0 bridgehead atoms. The van der Waals surface area contributed by atoms with Crippen LogP contribution in [0.15, 0.2) is 12.3 Å². The van der Waals surface area contributed by atoms with Gasteiger partial charge in [-0.05, 0) is 45.6 Å². The molecule has 1 aliphatic rings. The number of nitrogens with zero attached hydrogens (tertiary/aromatic N) is 3. The van der Waals surface area contributed by atoms with Crippen molar-refractivity contribution in [3.8, 4) is 0 Å². The molecule has 0 spiro atoms. The van der Waals surface area contributed by atoms with E-state index in [0.29, 0.717) is 11.9 Å². The molecule has 2 aromatic rings. The molecule has 102 valence electrons. The maximum Gasteiger partial charge on any atom is 0.160 e. The number of fused-ring (bicyclic) bond motifs is 1. The molecule has 3 rings (SSSR count). The molecule has 19 heavy (non-hydrogen) atoms.